The van der Waals surface area contributed by atoms with Crippen molar-refractivity contribution >= 4 is 0 Å². The van der Waals surface area contributed by atoms with Crippen LogP contribution in [0.15, 0.2) is 0 Å². The molecule has 1 N–H and O–H groups in total. The molecule has 1 aliphatic carbocycles. The second kappa shape index (κ2) is 3.78. The van der Waals surface area contributed by atoms with Crippen molar-refractivity contribution in [2.45, 2.75) is 46.6 Å². The first kappa shape index (κ1) is 10.0. The Morgan fingerprint density at radius 2 is 1.75 bits per heavy atom. The van der Waals surface area contributed by atoms with Gasteiger partial charge in [0.15, 0.2) is 0 Å². The van der Waals surface area contributed by atoms with Crippen LogP contribution in [0.3, 0.4) is 0 Å². The van der Waals surface area contributed by atoms with Crippen LogP contribution < -0.4 is 0 Å². The highest BCUT2D eigenvalue weighted by Crippen LogP contribution is 2.36. The fraction of sp³-hybridized carbons (Fsp3) is 1.00. The molecule has 1 saturated carbocycles. The molecule has 0 aromatic carbocycles. The summed E-state index contributed by atoms with van der Waals surface area (Å²) >= 11 is 0. The van der Waals surface area contributed by atoms with E-state index >= 15 is 0 Å². The Labute approximate surface area is 76.2 Å². The second-order valence-corrected chi connectivity index (χ2v) is 4.95. The van der Waals surface area contributed by atoms with Gasteiger partial charge in [0.05, 0.1) is 6.10 Å². The minimum absolute atomic E-state index is 0.0544. The molecule has 1 fully saturated rings. The lowest BCUT2D eigenvalue weighted by molar-refractivity contribution is -0.0127. The molecular formula is C11H22O. The van der Waals surface area contributed by atoms with E-state index in [0.717, 1.165) is 5.92 Å². The van der Waals surface area contributed by atoms with Gasteiger partial charge < -0.3 is 5.11 Å². The lowest BCUT2D eigenvalue weighted by Crippen LogP contribution is -2.37. The van der Waals surface area contributed by atoms with E-state index in [2.05, 4.69) is 27.7 Å². The maximum atomic E-state index is 9.93. The van der Waals surface area contributed by atoms with Crippen molar-refractivity contribution in [3.8, 4) is 0 Å². The molecule has 0 amide bonds. The molecule has 0 spiro atoms. The summed E-state index contributed by atoms with van der Waals surface area (Å²) in [4.78, 5) is 0. The number of rotatable bonds is 1. The smallest absolute Gasteiger partial charge is 0.0596 e. The Bertz CT molecular complexity index is 142. The fourth-order valence-electron chi connectivity index (χ4n) is 2.56. The minimum atomic E-state index is -0.0544. The first-order valence-electron chi connectivity index (χ1n) is 5.20. The van der Waals surface area contributed by atoms with Crippen LogP contribution >= 0.6 is 0 Å². The van der Waals surface area contributed by atoms with Gasteiger partial charge in [-0.25, -0.2) is 0 Å². The van der Waals surface area contributed by atoms with Crippen LogP contribution in [0.25, 0.3) is 0 Å². The normalized spacial score (nSPS) is 43.5. The lowest BCUT2D eigenvalue weighted by atomic mass is 9.70. The molecule has 0 aliphatic heterocycles. The first-order valence-corrected chi connectivity index (χ1v) is 5.20. The minimum Gasteiger partial charge on any atom is -0.393 e. The highest BCUT2D eigenvalue weighted by atomic mass is 16.3. The van der Waals surface area contributed by atoms with Crippen LogP contribution in [0, 0.1) is 23.7 Å². The summed E-state index contributed by atoms with van der Waals surface area (Å²) < 4.78 is 0. The molecule has 4 unspecified atom stereocenters. The van der Waals surface area contributed by atoms with Gasteiger partial charge in [-0.3, -0.25) is 0 Å². The van der Waals surface area contributed by atoms with Gasteiger partial charge in [0, 0.05) is 0 Å². The maximum absolute atomic E-state index is 9.93. The molecule has 0 heterocycles. The van der Waals surface area contributed by atoms with E-state index in [1.165, 1.54) is 12.8 Å². The molecule has 1 rings (SSSR count). The monoisotopic (exact) mass is 170 g/mol. The Morgan fingerprint density at radius 3 is 2.25 bits per heavy atom. The molecule has 0 radical (unpaired) electrons. The highest BCUT2D eigenvalue weighted by molar-refractivity contribution is 4.84. The molecule has 1 nitrogen and oxygen atoms in total. The molecule has 72 valence electrons. The average molecular weight is 170 g/mol. The third kappa shape index (κ3) is 2.01. The van der Waals surface area contributed by atoms with Crippen molar-refractivity contribution in [1.82, 2.24) is 0 Å². The van der Waals surface area contributed by atoms with E-state index in [0.29, 0.717) is 17.8 Å². The number of hydrogen-bond acceptors (Lipinski definition) is 1. The summed E-state index contributed by atoms with van der Waals surface area (Å²) in [5, 5.41) is 9.93. The first-order chi connectivity index (χ1) is 5.52. The van der Waals surface area contributed by atoms with Crippen LogP contribution in [0.1, 0.15) is 40.5 Å². The van der Waals surface area contributed by atoms with Gasteiger partial charge in [-0.05, 0) is 36.5 Å². The zero-order valence-electron chi connectivity index (χ0n) is 8.75. The van der Waals surface area contributed by atoms with Gasteiger partial charge in [0.25, 0.3) is 0 Å². The van der Waals surface area contributed by atoms with Crippen molar-refractivity contribution in [1.29, 1.82) is 0 Å². The van der Waals surface area contributed by atoms with E-state index in [1.807, 2.05) is 0 Å². The van der Waals surface area contributed by atoms with Crippen molar-refractivity contribution < 1.29 is 5.11 Å². The third-order valence-electron chi connectivity index (χ3n) is 3.33. The number of hydrogen-bond donors (Lipinski definition) is 1. The molecule has 1 heteroatoms. The summed E-state index contributed by atoms with van der Waals surface area (Å²) in [6.07, 6.45) is 2.36. The van der Waals surface area contributed by atoms with Crippen LogP contribution in [0.4, 0.5) is 0 Å². The largest absolute Gasteiger partial charge is 0.393 e. The summed E-state index contributed by atoms with van der Waals surface area (Å²) in [7, 11) is 0. The van der Waals surface area contributed by atoms with Gasteiger partial charge in [0.1, 0.15) is 0 Å². The van der Waals surface area contributed by atoms with Crippen LogP contribution in [-0.2, 0) is 0 Å². The Hall–Kier alpha value is -0.0400. The Balaban J connectivity index is 2.60. The fourth-order valence-corrected chi connectivity index (χ4v) is 2.56. The molecular weight excluding hydrogens is 148 g/mol. The average Bonchev–Trinajstić information content (AvgIpc) is 1.96. The standard InChI is InChI=1S/C11H22O/c1-7(2)10-6-8(3)5-9(4)11(10)12/h7-12H,5-6H2,1-4H3. The lowest BCUT2D eigenvalue weighted by Gasteiger charge is -2.38. The predicted molar refractivity (Wildman–Crippen MR) is 51.9 cm³/mol. The van der Waals surface area contributed by atoms with Gasteiger partial charge in [-0.1, -0.05) is 27.7 Å². The van der Waals surface area contributed by atoms with Crippen molar-refractivity contribution in [3.05, 3.63) is 0 Å². The molecule has 0 aromatic rings. The van der Waals surface area contributed by atoms with Gasteiger partial charge >= 0.3 is 0 Å². The summed E-state index contributed by atoms with van der Waals surface area (Å²) in [6, 6.07) is 0. The molecule has 0 bridgehead atoms. The zero-order valence-corrected chi connectivity index (χ0v) is 8.75. The van der Waals surface area contributed by atoms with E-state index in [4.69, 9.17) is 0 Å². The van der Waals surface area contributed by atoms with Gasteiger partial charge in [0.2, 0.25) is 0 Å². The van der Waals surface area contributed by atoms with Crippen molar-refractivity contribution in [3.63, 3.8) is 0 Å². The van der Waals surface area contributed by atoms with Gasteiger partial charge in [-0.2, -0.15) is 0 Å². The van der Waals surface area contributed by atoms with Crippen molar-refractivity contribution in [2.24, 2.45) is 23.7 Å². The zero-order chi connectivity index (χ0) is 9.30. The SMILES string of the molecule is CC1CC(C)C(O)C(C(C)C)C1. The highest BCUT2D eigenvalue weighted by Gasteiger charge is 2.33. The molecule has 4 atom stereocenters. The van der Waals surface area contributed by atoms with Gasteiger partial charge in [-0.15, -0.1) is 0 Å². The van der Waals surface area contributed by atoms with E-state index in [1.54, 1.807) is 0 Å². The van der Waals surface area contributed by atoms with Crippen LogP contribution in [-0.4, -0.2) is 11.2 Å². The molecule has 0 aromatic heterocycles. The Kier molecular flexibility index (Phi) is 3.16. The quantitative estimate of drug-likeness (QED) is 0.641. The summed E-state index contributed by atoms with van der Waals surface area (Å²) in [5.74, 6) is 2.46. The summed E-state index contributed by atoms with van der Waals surface area (Å²) in [6.45, 7) is 8.92. The van der Waals surface area contributed by atoms with E-state index < -0.39 is 0 Å². The van der Waals surface area contributed by atoms with Crippen LogP contribution in [0.5, 0.6) is 0 Å². The van der Waals surface area contributed by atoms with E-state index in [-0.39, 0.29) is 6.10 Å². The number of aliphatic hydroxyl groups is 1. The third-order valence-corrected chi connectivity index (χ3v) is 3.33. The molecule has 0 saturated heterocycles. The molecule has 1 aliphatic rings. The number of aliphatic hydroxyl groups excluding tert-OH is 1. The topological polar surface area (TPSA) is 20.2 Å². The molecule has 12 heavy (non-hydrogen) atoms. The summed E-state index contributed by atoms with van der Waals surface area (Å²) in [5.41, 5.74) is 0. The second-order valence-electron chi connectivity index (χ2n) is 4.95. The maximum Gasteiger partial charge on any atom is 0.0596 e. The van der Waals surface area contributed by atoms with E-state index in [9.17, 15) is 5.11 Å². The van der Waals surface area contributed by atoms with Crippen LogP contribution in [0.2, 0.25) is 0 Å². The predicted octanol–water partition coefficient (Wildman–Crippen LogP) is 2.69. The Morgan fingerprint density at radius 1 is 1.17 bits per heavy atom. The van der Waals surface area contributed by atoms with Crippen molar-refractivity contribution in [2.75, 3.05) is 0 Å².